The fraction of sp³-hybridized carbons (Fsp3) is 0.208. The first-order chi connectivity index (χ1) is 15.5. The smallest absolute Gasteiger partial charge is 0.274 e. The van der Waals surface area contributed by atoms with Gasteiger partial charge in [0, 0.05) is 35.2 Å². The lowest BCUT2D eigenvalue weighted by molar-refractivity contribution is -0.110. The van der Waals surface area contributed by atoms with Crippen molar-refractivity contribution >= 4 is 28.9 Å². The highest BCUT2D eigenvalue weighted by atomic mass is 16.2. The number of carbonyl (C=O) groups is 2. The highest BCUT2D eigenvalue weighted by molar-refractivity contribution is 6.48. The van der Waals surface area contributed by atoms with Crippen LogP contribution in [0.2, 0.25) is 0 Å². The number of pyridine rings is 2. The van der Waals surface area contributed by atoms with Crippen LogP contribution in [0.1, 0.15) is 41.7 Å². The number of nitrogens with two attached hydrogens (primary N) is 1. The van der Waals surface area contributed by atoms with E-state index in [1.54, 1.807) is 36.7 Å². The van der Waals surface area contributed by atoms with Gasteiger partial charge in [0.1, 0.15) is 11.4 Å². The summed E-state index contributed by atoms with van der Waals surface area (Å²) in [7, 11) is 0. The zero-order chi connectivity index (χ0) is 22.5. The van der Waals surface area contributed by atoms with Crippen LogP contribution in [0.3, 0.4) is 0 Å². The molecular formula is C24H24N6O2. The minimum Gasteiger partial charge on any atom is -0.398 e. The lowest BCUT2D eigenvalue weighted by Gasteiger charge is -2.12. The Labute approximate surface area is 185 Å². The van der Waals surface area contributed by atoms with Gasteiger partial charge in [-0.2, -0.15) is 0 Å². The van der Waals surface area contributed by atoms with Crippen molar-refractivity contribution in [2.45, 2.75) is 31.7 Å². The molecule has 0 unspecified atom stereocenters. The van der Waals surface area contributed by atoms with Crippen LogP contribution in [0.4, 0.5) is 11.4 Å². The Morgan fingerprint density at radius 3 is 2.53 bits per heavy atom. The number of aromatic nitrogens is 2. The number of hydrogen-bond donors (Lipinski definition) is 4. The minimum absolute atomic E-state index is 0.206. The summed E-state index contributed by atoms with van der Waals surface area (Å²) in [6.45, 7) is 0. The number of anilines is 2. The third kappa shape index (κ3) is 4.80. The fourth-order valence-corrected chi connectivity index (χ4v) is 3.73. The summed E-state index contributed by atoms with van der Waals surface area (Å²) < 4.78 is 0. The molecule has 1 aliphatic carbocycles. The number of nitrogens with zero attached hydrogens (tertiary/aromatic N) is 2. The van der Waals surface area contributed by atoms with E-state index in [-0.39, 0.29) is 17.7 Å². The summed E-state index contributed by atoms with van der Waals surface area (Å²) in [6, 6.07) is 12.2. The van der Waals surface area contributed by atoms with Gasteiger partial charge in [0.05, 0.1) is 11.9 Å². The highest BCUT2D eigenvalue weighted by Crippen LogP contribution is 2.24. The molecule has 0 aliphatic heterocycles. The topological polar surface area (TPSA) is 134 Å². The highest BCUT2D eigenvalue weighted by Gasteiger charge is 2.19. The van der Waals surface area contributed by atoms with Gasteiger partial charge >= 0.3 is 0 Å². The van der Waals surface area contributed by atoms with Gasteiger partial charge in [0.15, 0.2) is 0 Å². The summed E-state index contributed by atoms with van der Waals surface area (Å²) >= 11 is 0. The molecule has 8 nitrogen and oxygen atoms in total. The standard InChI is InChI=1S/C24H24N6O2/c25-20-9-7-15(16-4-3-11-27-13-16)12-19(20)22(26)24(32)30-18-8-10-21(28-14-18)23(31)29-17-5-1-2-6-17/h3-4,7-14,17,26H,1-2,5-6,25H2,(H,29,31)(H,30,32). The molecule has 0 bridgehead atoms. The molecule has 2 heterocycles. The Balaban J connectivity index is 1.43. The normalized spacial score (nSPS) is 13.5. The van der Waals surface area contributed by atoms with E-state index in [2.05, 4.69) is 20.6 Å². The average molecular weight is 428 g/mol. The molecule has 2 aromatic heterocycles. The lowest BCUT2D eigenvalue weighted by atomic mass is 10.00. The third-order valence-electron chi connectivity index (χ3n) is 5.49. The molecule has 162 valence electrons. The van der Waals surface area contributed by atoms with E-state index >= 15 is 0 Å². The van der Waals surface area contributed by atoms with Crippen LogP contribution < -0.4 is 16.4 Å². The average Bonchev–Trinajstić information content (AvgIpc) is 3.33. The summed E-state index contributed by atoms with van der Waals surface area (Å²) in [5.41, 5.74) is 8.75. The van der Waals surface area contributed by atoms with Crippen LogP contribution in [0.25, 0.3) is 11.1 Å². The molecule has 8 heteroatoms. The molecule has 0 spiro atoms. The Morgan fingerprint density at radius 2 is 1.84 bits per heavy atom. The van der Waals surface area contributed by atoms with Crippen molar-refractivity contribution in [2.75, 3.05) is 11.1 Å². The number of carbonyl (C=O) groups excluding carboxylic acids is 2. The van der Waals surface area contributed by atoms with E-state index < -0.39 is 5.91 Å². The van der Waals surface area contributed by atoms with E-state index in [9.17, 15) is 9.59 Å². The van der Waals surface area contributed by atoms with Crippen molar-refractivity contribution in [3.8, 4) is 11.1 Å². The van der Waals surface area contributed by atoms with Crippen LogP contribution in [-0.2, 0) is 4.79 Å². The molecule has 0 saturated heterocycles. The van der Waals surface area contributed by atoms with Crippen molar-refractivity contribution in [2.24, 2.45) is 0 Å². The van der Waals surface area contributed by atoms with Crippen molar-refractivity contribution in [3.05, 3.63) is 72.3 Å². The molecule has 0 radical (unpaired) electrons. The Kier molecular flexibility index (Phi) is 6.21. The van der Waals surface area contributed by atoms with Gasteiger partial charge in [0.25, 0.3) is 11.8 Å². The maximum absolute atomic E-state index is 12.7. The van der Waals surface area contributed by atoms with Gasteiger partial charge in [-0.05, 0) is 48.7 Å². The van der Waals surface area contributed by atoms with Crippen molar-refractivity contribution in [1.29, 1.82) is 5.41 Å². The number of hydrogen-bond acceptors (Lipinski definition) is 6. The van der Waals surface area contributed by atoms with E-state index in [0.717, 1.165) is 36.8 Å². The van der Waals surface area contributed by atoms with E-state index in [4.69, 9.17) is 11.1 Å². The quantitative estimate of drug-likeness (QED) is 0.353. The molecule has 3 aromatic rings. The zero-order valence-corrected chi connectivity index (χ0v) is 17.5. The number of amides is 2. The molecule has 0 atom stereocenters. The van der Waals surface area contributed by atoms with Crippen molar-refractivity contribution in [3.63, 3.8) is 0 Å². The predicted octanol–water partition coefficient (Wildman–Crippen LogP) is 3.40. The van der Waals surface area contributed by atoms with Gasteiger partial charge in [-0.25, -0.2) is 4.98 Å². The molecule has 1 fully saturated rings. The number of rotatable bonds is 6. The summed E-state index contributed by atoms with van der Waals surface area (Å²) in [5, 5.41) is 13.9. The lowest BCUT2D eigenvalue weighted by Crippen LogP contribution is -2.33. The molecule has 2 amide bonds. The summed E-state index contributed by atoms with van der Waals surface area (Å²) in [5.74, 6) is -0.840. The largest absolute Gasteiger partial charge is 0.398 e. The minimum atomic E-state index is -0.620. The molecule has 1 aliphatic rings. The van der Waals surface area contributed by atoms with Crippen LogP contribution in [0.15, 0.2) is 61.1 Å². The van der Waals surface area contributed by atoms with E-state index in [1.165, 1.54) is 6.20 Å². The summed E-state index contributed by atoms with van der Waals surface area (Å²) in [6.07, 6.45) is 9.03. The van der Waals surface area contributed by atoms with Gasteiger partial charge in [-0.1, -0.05) is 25.0 Å². The molecule has 5 N–H and O–H groups in total. The van der Waals surface area contributed by atoms with Gasteiger partial charge in [0.2, 0.25) is 0 Å². The van der Waals surface area contributed by atoms with Crippen LogP contribution in [0, 0.1) is 5.41 Å². The predicted molar refractivity (Wildman–Crippen MR) is 124 cm³/mol. The Bertz CT molecular complexity index is 1140. The van der Waals surface area contributed by atoms with Crippen LogP contribution in [-0.4, -0.2) is 33.5 Å². The molecule has 1 saturated carbocycles. The fourth-order valence-electron chi connectivity index (χ4n) is 3.73. The first-order valence-corrected chi connectivity index (χ1v) is 10.5. The second-order valence-corrected chi connectivity index (χ2v) is 7.76. The number of nitrogens with one attached hydrogen (secondary N) is 3. The van der Waals surface area contributed by atoms with E-state index in [0.29, 0.717) is 22.6 Å². The Morgan fingerprint density at radius 1 is 1.03 bits per heavy atom. The second-order valence-electron chi connectivity index (χ2n) is 7.76. The second kappa shape index (κ2) is 9.38. The monoisotopic (exact) mass is 428 g/mol. The number of nitrogen functional groups attached to an aromatic ring is 1. The molecule has 1 aromatic carbocycles. The first-order valence-electron chi connectivity index (χ1n) is 10.5. The SMILES string of the molecule is N=C(C(=O)Nc1ccc(C(=O)NC2CCCC2)nc1)c1cc(-c2cccnc2)ccc1N. The van der Waals surface area contributed by atoms with E-state index in [1.807, 2.05) is 18.2 Å². The van der Waals surface area contributed by atoms with Crippen LogP contribution >= 0.6 is 0 Å². The maximum Gasteiger partial charge on any atom is 0.274 e. The zero-order valence-electron chi connectivity index (χ0n) is 17.5. The van der Waals surface area contributed by atoms with Gasteiger partial charge < -0.3 is 16.4 Å². The van der Waals surface area contributed by atoms with Gasteiger partial charge in [-0.3, -0.25) is 20.0 Å². The van der Waals surface area contributed by atoms with Crippen molar-refractivity contribution < 1.29 is 9.59 Å². The summed E-state index contributed by atoms with van der Waals surface area (Å²) in [4.78, 5) is 33.2. The van der Waals surface area contributed by atoms with Crippen LogP contribution in [0.5, 0.6) is 0 Å². The maximum atomic E-state index is 12.7. The third-order valence-corrected chi connectivity index (χ3v) is 5.49. The molecule has 32 heavy (non-hydrogen) atoms. The first kappa shape index (κ1) is 21.2. The number of benzene rings is 1. The molecular weight excluding hydrogens is 404 g/mol. The molecule has 4 rings (SSSR count). The van der Waals surface area contributed by atoms with Gasteiger partial charge in [-0.15, -0.1) is 0 Å². The van der Waals surface area contributed by atoms with Crippen molar-refractivity contribution in [1.82, 2.24) is 15.3 Å². The Hall–Kier alpha value is -4.07.